The topological polar surface area (TPSA) is 50.0 Å². The van der Waals surface area contributed by atoms with Crippen LogP contribution in [0.4, 0.5) is 0 Å². The Balaban J connectivity index is 1.89. The van der Waals surface area contributed by atoms with Crippen LogP contribution in [0.5, 0.6) is 0 Å². The van der Waals surface area contributed by atoms with Crippen molar-refractivity contribution in [3.63, 3.8) is 0 Å². The summed E-state index contributed by atoms with van der Waals surface area (Å²) in [5.41, 5.74) is 2.08. The van der Waals surface area contributed by atoms with Crippen molar-refractivity contribution in [2.75, 3.05) is 13.7 Å². The molecule has 1 saturated carbocycles. The maximum atomic E-state index is 9.41. The smallest absolute Gasteiger partial charge is 0.121 e. The van der Waals surface area contributed by atoms with Gasteiger partial charge in [0.15, 0.2) is 0 Å². The van der Waals surface area contributed by atoms with E-state index in [1.807, 2.05) is 18.3 Å². The lowest BCUT2D eigenvalue weighted by Crippen LogP contribution is -2.21. The Morgan fingerprint density at radius 2 is 2.32 bits per heavy atom. The van der Waals surface area contributed by atoms with E-state index in [4.69, 9.17) is 16.3 Å². The predicted molar refractivity (Wildman–Crippen MR) is 88.0 cm³/mol. The summed E-state index contributed by atoms with van der Waals surface area (Å²) < 4.78 is 7.26. The first-order chi connectivity index (χ1) is 10.7. The number of methoxy groups -OCH3 is 1. The molecule has 116 valence electrons. The van der Waals surface area contributed by atoms with Gasteiger partial charge in [0.25, 0.3) is 0 Å². The Labute approximate surface area is 135 Å². The highest BCUT2D eigenvalue weighted by molar-refractivity contribution is 6.35. The molecule has 1 unspecified atom stereocenters. The fraction of sp³-hybridized carbons (Fsp3) is 0.471. The highest BCUT2D eigenvalue weighted by Crippen LogP contribution is 2.30. The first-order valence-corrected chi connectivity index (χ1v) is 8.03. The average Bonchev–Trinajstić information content (AvgIpc) is 3.30. The standard InChI is InChI=1S/C17H20ClN3O/c1-22-8-2-7-21-11-15(18)14-6-3-12(9-17(14)21)16(10-19)20-13-4-5-13/h3,6,9,11,13,16,20H,2,4-5,7-8H2,1H3. The van der Waals surface area contributed by atoms with Crippen molar-refractivity contribution in [1.82, 2.24) is 9.88 Å². The summed E-state index contributed by atoms with van der Waals surface area (Å²) in [7, 11) is 1.71. The van der Waals surface area contributed by atoms with Gasteiger partial charge in [0.1, 0.15) is 6.04 Å². The maximum Gasteiger partial charge on any atom is 0.121 e. The largest absolute Gasteiger partial charge is 0.385 e. The summed E-state index contributed by atoms with van der Waals surface area (Å²) in [5, 5.41) is 14.6. The van der Waals surface area contributed by atoms with Crippen molar-refractivity contribution in [1.29, 1.82) is 5.26 Å². The molecule has 22 heavy (non-hydrogen) atoms. The van der Waals surface area contributed by atoms with Gasteiger partial charge in [-0.05, 0) is 30.9 Å². The molecular weight excluding hydrogens is 298 g/mol. The van der Waals surface area contributed by atoms with Crippen molar-refractivity contribution in [3.8, 4) is 6.07 Å². The molecule has 2 aromatic rings. The number of halogens is 1. The molecule has 0 bridgehead atoms. The summed E-state index contributed by atoms with van der Waals surface area (Å²) in [6.07, 6.45) is 5.23. The molecule has 1 aliphatic rings. The fourth-order valence-corrected chi connectivity index (χ4v) is 2.98. The third-order valence-electron chi connectivity index (χ3n) is 4.05. The second-order valence-corrected chi connectivity index (χ2v) is 6.20. The number of ether oxygens (including phenoxy) is 1. The lowest BCUT2D eigenvalue weighted by Gasteiger charge is -2.12. The van der Waals surface area contributed by atoms with Gasteiger partial charge in [0, 0.05) is 43.4 Å². The Kier molecular flexibility index (Phi) is 4.68. The Bertz CT molecular complexity index is 700. The van der Waals surface area contributed by atoms with Crippen molar-refractivity contribution < 1.29 is 4.74 Å². The highest BCUT2D eigenvalue weighted by atomic mass is 35.5. The first-order valence-electron chi connectivity index (χ1n) is 7.66. The molecule has 0 aliphatic heterocycles. The van der Waals surface area contributed by atoms with Gasteiger partial charge in [-0.25, -0.2) is 0 Å². The number of aryl methyl sites for hydroxylation is 1. The van der Waals surface area contributed by atoms with Crippen LogP contribution in [0, 0.1) is 11.3 Å². The third-order valence-corrected chi connectivity index (χ3v) is 4.35. The van der Waals surface area contributed by atoms with Crippen LogP contribution in [-0.4, -0.2) is 24.3 Å². The number of benzene rings is 1. The molecular formula is C17H20ClN3O. The second kappa shape index (κ2) is 6.70. The van der Waals surface area contributed by atoms with E-state index in [9.17, 15) is 5.26 Å². The summed E-state index contributed by atoms with van der Waals surface area (Å²) in [6, 6.07) is 8.70. The van der Waals surface area contributed by atoms with Crippen LogP contribution < -0.4 is 5.32 Å². The molecule has 1 N–H and O–H groups in total. The van der Waals surface area contributed by atoms with Crippen LogP contribution in [0.15, 0.2) is 24.4 Å². The van der Waals surface area contributed by atoms with Gasteiger partial charge in [-0.15, -0.1) is 0 Å². The number of nitrogens with one attached hydrogen (secondary N) is 1. The van der Waals surface area contributed by atoms with Gasteiger partial charge in [-0.2, -0.15) is 5.26 Å². The van der Waals surface area contributed by atoms with Crippen LogP contribution in [0.1, 0.15) is 30.9 Å². The van der Waals surface area contributed by atoms with E-state index in [1.165, 1.54) is 12.8 Å². The Morgan fingerprint density at radius 3 is 3.00 bits per heavy atom. The number of nitriles is 1. The molecule has 1 aliphatic carbocycles. The number of hydrogen-bond donors (Lipinski definition) is 1. The minimum atomic E-state index is -0.252. The van der Waals surface area contributed by atoms with Crippen LogP contribution in [0.25, 0.3) is 10.9 Å². The summed E-state index contributed by atoms with van der Waals surface area (Å²) in [4.78, 5) is 0. The van der Waals surface area contributed by atoms with Crippen LogP contribution >= 0.6 is 11.6 Å². The molecule has 0 spiro atoms. The average molecular weight is 318 g/mol. The van der Waals surface area contributed by atoms with Crippen molar-refractivity contribution in [3.05, 3.63) is 35.0 Å². The molecule has 5 heteroatoms. The van der Waals surface area contributed by atoms with E-state index < -0.39 is 0 Å². The second-order valence-electron chi connectivity index (χ2n) is 5.80. The van der Waals surface area contributed by atoms with Crippen molar-refractivity contribution in [2.45, 2.75) is 37.9 Å². The third kappa shape index (κ3) is 3.27. The summed E-state index contributed by atoms with van der Waals surface area (Å²) in [5.74, 6) is 0. The highest BCUT2D eigenvalue weighted by Gasteiger charge is 2.25. The summed E-state index contributed by atoms with van der Waals surface area (Å²) >= 11 is 6.32. The number of hydrogen-bond acceptors (Lipinski definition) is 3. The van der Waals surface area contributed by atoms with Gasteiger partial charge in [-0.1, -0.05) is 23.7 Å². The van der Waals surface area contributed by atoms with E-state index >= 15 is 0 Å². The quantitative estimate of drug-likeness (QED) is 0.793. The van der Waals surface area contributed by atoms with E-state index in [0.717, 1.165) is 41.1 Å². The minimum Gasteiger partial charge on any atom is -0.385 e. The van der Waals surface area contributed by atoms with E-state index in [0.29, 0.717) is 6.04 Å². The zero-order valence-electron chi connectivity index (χ0n) is 12.7. The molecule has 1 aromatic carbocycles. The zero-order valence-corrected chi connectivity index (χ0v) is 13.4. The summed E-state index contributed by atoms with van der Waals surface area (Å²) in [6.45, 7) is 1.58. The van der Waals surface area contributed by atoms with E-state index in [-0.39, 0.29) is 6.04 Å². The molecule has 0 radical (unpaired) electrons. The Morgan fingerprint density at radius 1 is 1.50 bits per heavy atom. The lowest BCUT2D eigenvalue weighted by molar-refractivity contribution is 0.190. The number of aromatic nitrogens is 1. The molecule has 0 amide bonds. The zero-order chi connectivity index (χ0) is 15.5. The normalized spacial score (nSPS) is 15.9. The van der Waals surface area contributed by atoms with Crippen molar-refractivity contribution in [2.24, 2.45) is 0 Å². The van der Waals surface area contributed by atoms with Crippen molar-refractivity contribution >= 4 is 22.5 Å². The molecule has 1 aromatic heterocycles. The molecule has 0 saturated heterocycles. The molecule has 1 heterocycles. The van der Waals surface area contributed by atoms with Crippen LogP contribution in [-0.2, 0) is 11.3 Å². The number of rotatable bonds is 7. The lowest BCUT2D eigenvalue weighted by atomic mass is 10.1. The van der Waals surface area contributed by atoms with E-state index in [2.05, 4.69) is 22.0 Å². The molecule has 1 fully saturated rings. The van der Waals surface area contributed by atoms with Crippen LogP contribution in [0.2, 0.25) is 5.02 Å². The first kappa shape index (κ1) is 15.4. The van der Waals surface area contributed by atoms with Gasteiger partial charge in [0.05, 0.1) is 11.1 Å². The van der Waals surface area contributed by atoms with Gasteiger partial charge >= 0.3 is 0 Å². The molecule has 1 atom stereocenters. The predicted octanol–water partition coefficient (Wildman–Crippen LogP) is 3.65. The monoisotopic (exact) mass is 317 g/mol. The SMILES string of the molecule is COCCCn1cc(Cl)c2ccc(C(C#N)NC3CC3)cc21. The van der Waals surface area contributed by atoms with Crippen LogP contribution in [0.3, 0.4) is 0 Å². The fourth-order valence-electron chi connectivity index (χ4n) is 2.70. The number of fused-ring (bicyclic) bond motifs is 1. The number of nitrogens with zero attached hydrogens (tertiary/aromatic N) is 2. The van der Waals surface area contributed by atoms with Gasteiger partial charge in [0.2, 0.25) is 0 Å². The maximum absolute atomic E-state index is 9.41. The Hall–Kier alpha value is -1.54. The van der Waals surface area contributed by atoms with Gasteiger partial charge in [-0.3, -0.25) is 5.32 Å². The van der Waals surface area contributed by atoms with Gasteiger partial charge < -0.3 is 9.30 Å². The minimum absolute atomic E-state index is 0.252. The molecule has 3 rings (SSSR count). The molecule has 4 nitrogen and oxygen atoms in total. The van der Waals surface area contributed by atoms with E-state index in [1.54, 1.807) is 7.11 Å².